The fraction of sp³-hybridized carbons (Fsp3) is 0.391. The molecule has 4 rings (SSSR count). The van der Waals surface area contributed by atoms with Crippen LogP contribution < -0.4 is 0 Å². The molecule has 25 heavy (non-hydrogen) atoms. The molecule has 0 radical (unpaired) electrons. The molecule has 0 amide bonds. The lowest BCUT2D eigenvalue weighted by atomic mass is 9.90. The molecule has 1 heterocycles. The van der Waals surface area contributed by atoms with Crippen LogP contribution in [0, 0.1) is 13.8 Å². The number of hydrogen-bond acceptors (Lipinski definition) is 1. The van der Waals surface area contributed by atoms with Crippen molar-refractivity contribution >= 4 is 10.9 Å². The molecule has 1 unspecified atom stereocenters. The Bertz CT molecular complexity index is 917. The number of rotatable bonds is 3. The van der Waals surface area contributed by atoms with E-state index in [-0.39, 0.29) is 0 Å². The van der Waals surface area contributed by atoms with Gasteiger partial charge in [0, 0.05) is 22.6 Å². The second kappa shape index (κ2) is 6.34. The first-order valence-corrected chi connectivity index (χ1v) is 9.36. The van der Waals surface area contributed by atoms with Crippen LogP contribution in [-0.2, 0) is 19.3 Å². The van der Waals surface area contributed by atoms with Gasteiger partial charge in [0.15, 0.2) is 0 Å². The van der Waals surface area contributed by atoms with Crippen LogP contribution in [0.1, 0.15) is 39.9 Å². The van der Waals surface area contributed by atoms with Crippen LogP contribution in [0.3, 0.4) is 0 Å². The van der Waals surface area contributed by atoms with Crippen molar-refractivity contribution in [1.29, 1.82) is 0 Å². The summed E-state index contributed by atoms with van der Waals surface area (Å²) < 4.78 is 0. The van der Waals surface area contributed by atoms with Crippen LogP contribution >= 0.6 is 0 Å². The minimum absolute atomic E-state index is 0.662. The Kier molecular flexibility index (Phi) is 4.16. The number of hydrogen-bond donors (Lipinski definition) is 1. The zero-order valence-electron chi connectivity index (χ0n) is 15.8. The molecule has 2 aromatic carbocycles. The summed E-state index contributed by atoms with van der Waals surface area (Å²) in [7, 11) is 4.41. The minimum Gasteiger partial charge on any atom is -0.358 e. The molecule has 1 atom stereocenters. The third kappa shape index (κ3) is 3.11. The van der Waals surface area contributed by atoms with Gasteiger partial charge in [-0.3, -0.25) is 0 Å². The molecule has 0 saturated carbocycles. The van der Waals surface area contributed by atoms with Crippen LogP contribution in [0.25, 0.3) is 10.9 Å². The molecule has 1 aromatic heterocycles. The number of likely N-dealkylation sites (N-methyl/N-ethyl adjacent to an activating group) is 1. The van der Waals surface area contributed by atoms with Crippen LogP contribution in [0.4, 0.5) is 0 Å². The molecule has 2 heteroatoms. The Morgan fingerprint density at radius 2 is 1.76 bits per heavy atom. The van der Waals surface area contributed by atoms with Gasteiger partial charge < -0.3 is 9.88 Å². The van der Waals surface area contributed by atoms with Gasteiger partial charge >= 0.3 is 0 Å². The quantitative estimate of drug-likeness (QED) is 0.730. The van der Waals surface area contributed by atoms with Gasteiger partial charge in [-0.1, -0.05) is 24.3 Å². The lowest BCUT2D eigenvalue weighted by Crippen LogP contribution is -2.33. The van der Waals surface area contributed by atoms with Crippen molar-refractivity contribution in [2.75, 3.05) is 14.1 Å². The second-order valence-electron chi connectivity index (χ2n) is 7.92. The number of nitrogens with one attached hydrogen (secondary N) is 1. The highest BCUT2D eigenvalue weighted by molar-refractivity contribution is 5.85. The maximum atomic E-state index is 3.66. The summed E-state index contributed by atoms with van der Waals surface area (Å²) in [5, 5.41) is 1.43. The van der Waals surface area contributed by atoms with Crippen LogP contribution in [-0.4, -0.2) is 30.0 Å². The summed E-state index contributed by atoms with van der Waals surface area (Å²) in [6.45, 7) is 4.38. The van der Waals surface area contributed by atoms with Crippen molar-refractivity contribution in [3.05, 3.63) is 69.9 Å². The zero-order valence-corrected chi connectivity index (χ0v) is 15.8. The first kappa shape index (κ1) is 16.4. The van der Waals surface area contributed by atoms with E-state index < -0.39 is 0 Å². The Hall–Kier alpha value is -2.06. The van der Waals surface area contributed by atoms with Crippen LogP contribution in [0.5, 0.6) is 0 Å². The van der Waals surface area contributed by atoms with Gasteiger partial charge in [-0.05, 0) is 93.6 Å². The average Bonchev–Trinajstić information content (AvgIpc) is 2.95. The summed E-state index contributed by atoms with van der Waals surface area (Å²) in [6, 6.07) is 14.5. The van der Waals surface area contributed by atoms with E-state index >= 15 is 0 Å². The molecule has 0 bridgehead atoms. The number of aromatic amines is 1. The van der Waals surface area contributed by atoms with Crippen molar-refractivity contribution in [3.63, 3.8) is 0 Å². The van der Waals surface area contributed by atoms with Gasteiger partial charge in [0.25, 0.3) is 0 Å². The lowest BCUT2D eigenvalue weighted by molar-refractivity contribution is 0.268. The third-order valence-corrected chi connectivity index (χ3v) is 5.94. The van der Waals surface area contributed by atoms with E-state index in [1.807, 2.05) is 0 Å². The summed E-state index contributed by atoms with van der Waals surface area (Å²) in [5.41, 5.74) is 9.86. The Morgan fingerprint density at radius 3 is 2.52 bits per heavy atom. The zero-order chi connectivity index (χ0) is 17.6. The molecule has 0 aliphatic heterocycles. The molecule has 0 fully saturated rings. The summed E-state index contributed by atoms with van der Waals surface area (Å²) in [4.78, 5) is 6.04. The maximum Gasteiger partial charge on any atom is 0.0459 e. The normalized spacial score (nSPS) is 17.2. The van der Waals surface area contributed by atoms with E-state index in [1.165, 1.54) is 51.7 Å². The number of fused-ring (bicyclic) bond motifs is 3. The van der Waals surface area contributed by atoms with Gasteiger partial charge in [0.2, 0.25) is 0 Å². The summed E-state index contributed by atoms with van der Waals surface area (Å²) in [5.74, 6) is 0. The Labute approximate surface area is 150 Å². The van der Waals surface area contributed by atoms with Crippen molar-refractivity contribution in [1.82, 2.24) is 9.88 Å². The molecule has 3 aromatic rings. The molecule has 0 saturated heterocycles. The number of nitrogens with zero attached hydrogens (tertiary/aromatic N) is 1. The van der Waals surface area contributed by atoms with E-state index in [4.69, 9.17) is 0 Å². The number of aromatic nitrogens is 1. The summed E-state index contributed by atoms with van der Waals surface area (Å²) >= 11 is 0. The predicted octanol–water partition coefficient (Wildman–Crippen LogP) is 4.79. The highest BCUT2D eigenvalue weighted by atomic mass is 15.1. The molecule has 1 aliphatic carbocycles. The Balaban J connectivity index is 1.68. The van der Waals surface area contributed by atoms with E-state index in [0.717, 1.165) is 12.8 Å². The fourth-order valence-electron chi connectivity index (χ4n) is 4.15. The summed E-state index contributed by atoms with van der Waals surface area (Å²) in [6.07, 6.45) is 4.59. The largest absolute Gasteiger partial charge is 0.358 e. The van der Waals surface area contributed by atoms with E-state index in [2.05, 4.69) is 74.2 Å². The Morgan fingerprint density at radius 1 is 1.00 bits per heavy atom. The highest BCUT2D eigenvalue weighted by Gasteiger charge is 2.23. The predicted molar refractivity (Wildman–Crippen MR) is 107 cm³/mol. The molecule has 2 nitrogen and oxygen atoms in total. The SMILES string of the molecule is Cc1ccc(Cc2ccc3[nH]c4c(c3c2)CC(N(C)C)CC4)cc1C. The van der Waals surface area contributed by atoms with Crippen molar-refractivity contribution in [2.24, 2.45) is 0 Å². The molecule has 130 valence electrons. The van der Waals surface area contributed by atoms with Gasteiger partial charge in [-0.25, -0.2) is 0 Å². The lowest BCUT2D eigenvalue weighted by Gasteiger charge is -2.28. The van der Waals surface area contributed by atoms with Gasteiger partial charge in [-0.2, -0.15) is 0 Å². The third-order valence-electron chi connectivity index (χ3n) is 5.94. The average molecular weight is 332 g/mol. The molecule has 1 aliphatic rings. The van der Waals surface area contributed by atoms with Gasteiger partial charge in [-0.15, -0.1) is 0 Å². The van der Waals surface area contributed by atoms with Gasteiger partial charge in [0.1, 0.15) is 0 Å². The first-order valence-electron chi connectivity index (χ1n) is 9.36. The number of aryl methyl sites for hydroxylation is 3. The van der Waals surface area contributed by atoms with Crippen LogP contribution in [0.2, 0.25) is 0 Å². The monoisotopic (exact) mass is 332 g/mol. The maximum absolute atomic E-state index is 3.66. The molecule has 0 spiro atoms. The van der Waals surface area contributed by atoms with Crippen molar-refractivity contribution < 1.29 is 0 Å². The number of benzene rings is 2. The molecular formula is C23H28N2. The smallest absolute Gasteiger partial charge is 0.0459 e. The van der Waals surface area contributed by atoms with Crippen molar-refractivity contribution in [2.45, 2.75) is 45.6 Å². The van der Waals surface area contributed by atoms with Gasteiger partial charge in [0.05, 0.1) is 0 Å². The van der Waals surface area contributed by atoms with E-state index in [0.29, 0.717) is 6.04 Å². The number of H-pyrrole nitrogens is 1. The minimum atomic E-state index is 0.662. The standard InChI is InChI=1S/C23H28N2/c1-15-5-6-17(11-16(15)2)12-18-7-9-22-20(13-18)21-14-19(25(3)4)8-10-23(21)24-22/h5-7,9,11,13,19,24H,8,10,12,14H2,1-4H3. The fourth-order valence-corrected chi connectivity index (χ4v) is 4.15. The molecule has 1 N–H and O–H groups in total. The highest BCUT2D eigenvalue weighted by Crippen LogP contribution is 2.31. The first-order chi connectivity index (χ1) is 12.0. The topological polar surface area (TPSA) is 19.0 Å². The van der Waals surface area contributed by atoms with Crippen LogP contribution in [0.15, 0.2) is 36.4 Å². The second-order valence-corrected chi connectivity index (χ2v) is 7.92. The van der Waals surface area contributed by atoms with E-state index in [1.54, 1.807) is 5.56 Å². The van der Waals surface area contributed by atoms with Crippen molar-refractivity contribution in [3.8, 4) is 0 Å². The molecular weight excluding hydrogens is 304 g/mol. The van der Waals surface area contributed by atoms with E-state index in [9.17, 15) is 0 Å².